The average molecular weight is 465 g/mol. The van der Waals surface area contributed by atoms with Gasteiger partial charge >= 0.3 is 5.97 Å². The number of ether oxygens (including phenoxy) is 3. The second-order valence-electron chi connectivity index (χ2n) is 7.32. The molecular weight excluding hydrogens is 440 g/mol. The number of carbonyl (C=O) groups is 1. The van der Waals surface area contributed by atoms with Crippen LogP contribution < -0.4 is 24.4 Å². The molecule has 3 aromatic rings. The van der Waals surface area contributed by atoms with Gasteiger partial charge in [0.1, 0.15) is 17.5 Å². The van der Waals surface area contributed by atoms with Crippen LogP contribution in [0.2, 0.25) is 0 Å². The molecule has 170 valence electrons. The van der Waals surface area contributed by atoms with Crippen LogP contribution in [0.25, 0.3) is 6.08 Å². The van der Waals surface area contributed by atoms with Crippen LogP contribution in [0.4, 0.5) is 0 Å². The number of nitrogens with zero attached hydrogens (tertiary/aromatic N) is 2. The summed E-state index contributed by atoms with van der Waals surface area (Å²) < 4.78 is 18.2. The third kappa shape index (κ3) is 4.21. The minimum absolute atomic E-state index is 0.218. The lowest BCUT2D eigenvalue weighted by Crippen LogP contribution is -2.40. The Bertz CT molecular complexity index is 1400. The molecule has 0 radical (unpaired) electrons. The molecule has 0 fully saturated rings. The maximum atomic E-state index is 13.6. The summed E-state index contributed by atoms with van der Waals surface area (Å²) in [4.78, 5) is 31.7. The lowest BCUT2D eigenvalue weighted by molar-refractivity contribution is -0.139. The van der Waals surface area contributed by atoms with Crippen LogP contribution in [0.5, 0.6) is 11.5 Å². The van der Waals surface area contributed by atoms with E-state index in [0.29, 0.717) is 31.9 Å². The highest BCUT2D eigenvalue weighted by Gasteiger charge is 2.34. The van der Waals surface area contributed by atoms with Crippen molar-refractivity contribution >= 4 is 23.4 Å². The molecule has 4 rings (SSSR count). The molecule has 8 heteroatoms. The number of fused-ring (bicyclic) bond motifs is 1. The van der Waals surface area contributed by atoms with E-state index >= 15 is 0 Å². The molecule has 0 saturated carbocycles. The number of carbonyl (C=O) groups excluding carboxylic acids is 1. The number of hydrogen-bond acceptors (Lipinski definition) is 7. The van der Waals surface area contributed by atoms with Gasteiger partial charge in [0.15, 0.2) is 4.80 Å². The van der Waals surface area contributed by atoms with Gasteiger partial charge < -0.3 is 14.2 Å². The third-order valence-corrected chi connectivity index (χ3v) is 6.35. The van der Waals surface area contributed by atoms with Gasteiger partial charge in [0, 0.05) is 5.56 Å². The maximum absolute atomic E-state index is 13.6. The minimum atomic E-state index is -0.713. The van der Waals surface area contributed by atoms with Crippen LogP contribution in [0.15, 0.2) is 69.6 Å². The van der Waals surface area contributed by atoms with Gasteiger partial charge in [-0.05, 0) is 43.7 Å². The van der Waals surface area contributed by atoms with Crippen molar-refractivity contribution in [1.82, 2.24) is 4.57 Å². The van der Waals surface area contributed by atoms with Crippen molar-refractivity contribution < 1.29 is 19.0 Å². The van der Waals surface area contributed by atoms with E-state index in [1.165, 1.54) is 11.3 Å². The summed E-state index contributed by atoms with van der Waals surface area (Å²) in [5.41, 5.74) is 2.15. The summed E-state index contributed by atoms with van der Waals surface area (Å²) in [5, 5.41) is 0. The van der Waals surface area contributed by atoms with E-state index < -0.39 is 12.0 Å². The molecule has 1 aliphatic rings. The summed E-state index contributed by atoms with van der Waals surface area (Å²) in [5.74, 6) is 0.808. The molecule has 1 unspecified atom stereocenters. The highest BCUT2D eigenvalue weighted by atomic mass is 32.1. The number of methoxy groups -OCH3 is 2. The van der Waals surface area contributed by atoms with Crippen molar-refractivity contribution in [3.63, 3.8) is 0 Å². The van der Waals surface area contributed by atoms with Gasteiger partial charge in [0.25, 0.3) is 5.56 Å². The molecule has 0 spiro atoms. The van der Waals surface area contributed by atoms with Crippen LogP contribution in [0.1, 0.15) is 31.0 Å². The highest BCUT2D eigenvalue weighted by Crippen LogP contribution is 2.35. The largest absolute Gasteiger partial charge is 0.497 e. The maximum Gasteiger partial charge on any atom is 0.338 e. The Balaban J connectivity index is 1.95. The number of aromatic nitrogens is 1. The first-order valence-electron chi connectivity index (χ1n) is 10.4. The number of para-hydroxylation sites is 1. The van der Waals surface area contributed by atoms with E-state index in [1.54, 1.807) is 38.7 Å². The third-order valence-electron chi connectivity index (χ3n) is 5.36. The minimum Gasteiger partial charge on any atom is -0.497 e. The van der Waals surface area contributed by atoms with Crippen LogP contribution >= 0.6 is 11.3 Å². The molecule has 0 saturated heterocycles. The van der Waals surface area contributed by atoms with Crippen molar-refractivity contribution in [2.24, 2.45) is 4.99 Å². The number of rotatable bonds is 6. The highest BCUT2D eigenvalue weighted by molar-refractivity contribution is 7.07. The van der Waals surface area contributed by atoms with E-state index in [2.05, 4.69) is 4.99 Å². The Morgan fingerprint density at radius 3 is 2.52 bits per heavy atom. The molecular formula is C25H24N2O5S. The summed E-state index contributed by atoms with van der Waals surface area (Å²) in [6.45, 7) is 3.72. The Morgan fingerprint density at radius 2 is 1.85 bits per heavy atom. The number of benzene rings is 2. The molecule has 7 nitrogen and oxygen atoms in total. The Hall–Kier alpha value is -3.65. The predicted molar refractivity (Wildman–Crippen MR) is 126 cm³/mol. The molecule has 0 N–H and O–H groups in total. The Labute approximate surface area is 194 Å². The van der Waals surface area contributed by atoms with Crippen molar-refractivity contribution in [1.29, 1.82) is 0 Å². The normalized spacial score (nSPS) is 15.6. The van der Waals surface area contributed by atoms with Crippen LogP contribution in [-0.2, 0) is 9.53 Å². The first-order chi connectivity index (χ1) is 16.0. The fourth-order valence-electron chi connectivity index (χ4n) is 3.83. The zero-order valence-corrected chi connectivity index (χ0v) is 19.6. The summed E-state index contributed by atoms with van der Waals surface area (Å²) in [7, 11) is 3.17. The lowest BCUT2D eigenvalue weighted by Gasteiger charge is -2.25. The number of esters is 1. The zero-order valence-electron chi connectivity index (χ0n) is 18.8. The molecule has 33 heavy (non-hydrogen) atoms. The second-order valence-corrected chi connectivity index (χ2v) is 8.33. The molecule has 2 heterocycles. The summed E-state index contributed by atoms with van der Waals surface area (Å²) in [6, 6.07) is 14.1. The monoisotopic (exact) mass is 464 g/mol. The van der Waals surface area contributed by atoms with Crippen LogP contribution in [0, 0.1) is 0 Å². The van der Waals surface area contributed by atoms with Gasteiger partial charge in [0.2, 0.25) is 0 Å². The standard InChI is InChI=1S/C25H24N2O5S/c1-5-32-24(29)21-15(2)26-25-27(22(21)18-8-6-7-9-19(18)31-4)23(28)20(33-25)14-16-10-12-17(30-3)13-11-16/h6-14,22H,5H2,1-4H3/b20-14+. The van der Waals surface area contributed by atoms with Crippen molar-refractivity contribution in [2.75, 3.05) is 20.8 Å². The topological polar surface area (TPSA) is 79.1 Å². The lowest BCUT2D eigenvalue weighted by atomic mass is 9.95. The quantitative estimate of drug-likeness (QED) is 0.524. The molecule has 0 bridgehead atoms. The molecule has 2 aromatic carbocycles. The Kier molecular flexibility index (Phi) is 6.46. The van der Waals surface area contributed by atoms with Gasteiger partial charge in [0.05, 0.1) is 36.6 Å². The predicted octanol–water partition coefficient (Wildman–Crippen LogP) is 2.82. The SMILES string of the molecule is CCOC(=O)C1=C(C)N=c2s/c(=C/c3ccc(OC)cc3)c(=O)n2C1c1ccccc1OC. The number of hydrogen-bond donors (Lipinski definition) is 0. The van der Waals surface area contributed by atoms with Crippen LogP contribution in [-0.4, -0.2) is 31.4 Å². The van der Waals surface area contributed by atoms with E-state index in [1.807, 2.05) is 48.5 Å². The van der Waals surface area contributed by atoms with E-state index in [9.17, 15) is 9.59 Å². The van der Waals surface area contributed by atoms with E-state index in [-0.39, 0.29) is 12.2 Å². The number of thiazole rings is 1. The van der Waals surface area contributed by atoms with Gasteiger partial charge in [-0.25, -0.2) is 9.79 Å². The Morgan fingerprint density at radius 1 is 1.12 bits per heavy atom. The zero-order chi connectivity index (χ0) is 23.5. The first kappa shape index (κ1) is 22.5. The van der Waals surface area contributed by atoms with E-state index in [0.717, 1.165) is 11.3 Å². The number of allylic oxidation sites excluding steroid dienone is 1. The molecule has 1 aliphatic heterocycles. The molecule has 0 amide bonds. The average Bonchev–Trinajstić information content (AvgIpc) is 3.13. The molecule has 0 aliphatic carbocycles. The van der Waals surface area contributed by atoms with Gasteiger partial charge in [-0.2, -0.15) is 0 Å². The molecule has 1 aromatic heterocycles. The summed E-state index contributed by atoms with van der Waals surface area (Å²) >= 11 is 1.28. The van der Waals surface area contributed by atoms with E-state index in [4.69, 9.17) is 14.2 Å². The fourth-order valence-corrected chi connectivity index (χ4v) is 4.88. The van der Waals surface area contributed by atoms with Crippen molar-refractivity contribution in [3.8, 4) is 11.5 Å². The summed E-state index contributed by atoms with van der Waals surface area (Å²) in [6.07, 6.45) is 1.81. The van der Waals surface area contributed by atoms with Crippen LogP contribution in [0.3, 0.4) is 0 Å². The smallest absolute Gasteiger partial charge is 0.338 e. The van der Waals surface area contributed by atoms with Crippen molar-refractivity contribution in [3.05, 3.63) is 90.6 Å². The van der Waals surface area contributed by atoms with Gasteiger partial charge in [-0.3, -0.25) is 9.36 Å². The fraction of sp³-hybridized carbons (Fsp3) is 0.240. The van der Waals surface area contributed by atoms with Crippen molar-refractivity contribution in [2.45, 2.75) is 19.9 Å². The molecule has 1 atom stereocenters. The van der Waals surface area contributed by atoms with Gasteiger partial charge in [-0.15, -0.1) is 0 Å². The van der Waals surface area contributed by atoms with Gasteiger partial charge in [-0.1, -0.05) is 41.7 Å². The first-order valence-corrected chi connectivity index (χ1v) is 11.3. The second kappa shape index (κ2) is 9.46.